The van der Waals surface area contributed by atoms with E-state index in [1.165, 1.54) is 12.8 Å². The van der Waals surface area contributed by atoms with Crippen LogP contribution in [0.15, 0.2) is 0 Å². The van der Waals surface area contributed by atoms with Crippen LogP contribution in [0.5, 0.6) is 0 Å². The maximum absolute atomic E-state index is 13.5. The van der Waals surface area contributed by atoms with Gasteiger partial charge in [0.1, 0.15) is 0 Å². The molecule has 1 saturated carbocycles. The molecule has 0 aromatic carbocycles. The minimum atomic E-state index is -0.575. The van der Waals surface area contributed by atoms with E-state index in [4.69, 9.17) is 4.74 Å². The van der Waals surface area contributed by atoms with Crippen molar-refractivity contribution in [1.29, 1.82) is 0 Å². The van der Waals surface area contributed by atoms with E-state index in [9.17, 15) is 14.7 Å². The van der Waals surface area contributed by atoms with E-state index < -0.39 is 6.10 Å². The van der Waals surface area contributed by atoms with Crippen molar-refractivity contribution in [1.82, 2.24) is 14.7 Å². The molecule has 194 valence electrons. The number of nitrogens with zero attached hydrogens (tertiary/aromatic N) is 3. The summed E-state index contributed by atoms with van der Waals surface area (Å²) in [7, 11) is 0. The Hall–Kier alpha value is -1.18. The van der Waals surface area contributed by atoms with E-state index in [1.54, 1.807) is 6.92 Å². The number of likely N-dealkylation sites (tertiary alicyclic amines) is 2. The predicted molar refractivity (Wildman–Crippen MR) is 132 cm³/mol. The fourth-order valence-electron chi connectivity index (χ4n) is 6.16. The molecule has 0 radical (unpaired) electrons. The summed E-state index contributed by atoms with van der Waals surface area (Å²) in [5.74, 6) is 1.96. The van der Waals surface area contributed by atoms with Crippen LogP contribution in [0.3, 0.4) is 0 Å². The first kappa shape index (κ1) is 25.9. The molecule has 1 N–H and O–H groups in total. The molecule has 3 heterocycles. The summed E-state index contributed by atoms with van der Waals surface area (Å²) in [5.41, 5.74) is -0.367. The second-order valence-corrected chi connectivity index (χ2v) is 12.2. The highest BCUT2D eigenvalue weighted by molar-refractivity contribution is 5.76. The molecule has 4 aliphatic rings. The number of carbonyl (C=O) groups is 2. The van der Waals surface area contributed by atoms with Gasteiger partial charge in [0.05, 0.1) is 12.7 Å². The van der Waals surface area contributed by atoms with E-state index in [0.29, 0.717) is 43.4 Å². The number of aliphatic hydroxyl groups is 1. The minimum absolute atomic E-state index is 0.190. The van der Waals surface area contributed by atoms with Crippen LogP contribution in [0.2, 0.25) is 0 Å². The number of fused-ring (bicyclic) bond motifs is 1. The summed E-state index contributed by atoms with van der Waals surface area (Å²) in [6.07, 6.45) is 7.72. The Morgan fingerprint density at radius 3 is 2.44 bits per heavy atom. The van der Waals surface area contributed by atoms with Crippen LogP contribution in [0, 0.1) is 23.2 Å². The van der Waals surface area contributed by atoms with Crippen molar-refractivity contribution in [2.24, 2.45) is 23.2 Å². The van der Waals surface area contributed by atoms with Crippen molar-refractivity contribution < 1.29 is 19.4 Å². The van der Waals surface area contributed by atoms with E-state index in [1.807, 2.05) is 23.6 Å². The molecule has 4 rings (SSSR count). The zero-order valence-electron chi connectivity index (χ0n) is 21.7. The van der Waals surface area contributed by atoms with E-state index in [2.05, 4.69) is 4.90 Å². The van der Waals surface area contributed by atoms with Crippen molar-refractivity contribution in [3.8, 4) is 0 Å². The summed E-state index contributed by atoms with van der Waals surface area (Å²) in [6, 6.07) is 0.551. The Kier molecular flexibility index (Phi) is 8.57. The highest BCUT2D eigenvalue weighted by Crippen LogP contribution is 2.35. The maximum atomic E-state index is 13.5. The molecule has 34 heavy (non-hydrogen) atoms. The Balaban J connectivity index is 1.41. The molecule has 3 atom stereocenters. The fraction of sp³-hybridized carbons (Fsp3) is 0.926. The first-order chi connectivity index (χ1) is 16.2. The highest BCUT2D eigenvalue weighted by Gasteiger charge is 2.38. The normalized spacial score (nSPS) is 32.9. The van der Waals surface area contributed by atoms with E-state index >= 15 is 0 Å². The number of β-amino-alcohol motifs (C(OH)–C–C–N with tert-alkyl or cyclic N) is 1. The van der Waals surface area contributed by atoms with Gasteiger partial charge in [0, 0.05) is 64.1 Å². The molecule has 3 aliphatic heterocycles. The van der Waals surface area contributed by atoms with Gasteiger partial charge < -0.3 is 19.6 Å². The van der Waals surface area contributed by atoms with Crippen LogP contribution in [0.25, 0.3) is 0 Å². The third-order valence-corrected chi connectivity index (χ3v) is 8.95. The summed E-state index contributed by atoms with van der Waals surface area (Å²) < 4.78 is 6.03. The second-order valence-electron chi connectivity index (χ2n) is 12.2. The number of hydrogen-bond donors (Lipinski definition) is 1. The number of amides is 2. The van der Waals surface area contributed by atoms with Gasteiger partial charge in [-0.15, -0.1) is 0 Å². The van der Waals surface area contributed by atoms with Crippen molar-refractivity contribution >= 4 is 11.8 Å². The van der Waals surface area contributed by atoms with Gasteiger partial charge in [-0.05, 0) is 69.2 Å². The van der Waals surface area contributed by atoms with Crippen LogP contribution in [0.1, 0.15) is 72.1 Å². The van der Waals surface area contributed by atoms with Gasteiger partial charge >= 0.3 is 0 Å². The zero-order valence-corrected chi connectivity index (χ0v) is 21.7. The van der Waals surface area contributed by atoms with Gasteiger partial charge in [0.2, 0.25) is 11.8 Å². The molecule has 7 heteroatoms. The van der Waals surface area contributed by atoms with Crippen molar-refractivity contribution in [3.05, 3.63) is 0 Å². The Morgan fingerprint density at radius 2 is 1.76 bits per heavy atom. The van der Waals surface area contributed by atoms with Gasteiger partial charge in [0.25, 0.3) is 0 Å². The van der Waals surface area contributed by atoms with Crippen molar-refractivity contribution in [3.63, 3.8) is 0 Å². The SMILES string of the molecule is CC(=O)N1CCC(N2CC[C@H]3CC(=O)N(CC4CC4)C[C@H](O)C(C)(C)COCCC[C@H]3C2)CC1. The van der Waals surface area contributed by atoms with Gasteiger partial charge in [0.15, 0.2) is 0 Å². The van der Waals surface area contributed by atoms with E-state index in [-0.39, 0.29) is 17.2 Å². The summed E-state index contributed by atoms with van der Waals surface area (Å²) in [6.45, 7) is 12.1. The molecule has 0 aromatic rings. The van der Waals surface area contributed by atoms with Crippen LogP contribution >= 0.6 is 0 Å². The topological polar surface area (TPSA) is 73.3 Å². The number of ether oxygens (including phenoxy) is 1. The predicted octanol–water partition coefficient (Wildman–Crippen LogP) is 2.76. The summed E-state index contributed by atoms with van der Waals surface area (Å²) in [4.78, 5) is 31.8. The fourth-order valence-corrected chi connectivity index (χ4v) is 6.16. The Bertz CT molecular complexity index is 702. The lowest BCUT2D eigenvalue weighted by molar-refractivity contribution is -0.136. The standard InChI is InChI=1S/C27H47N3O4/c1-20(31)28-12-9-24(10-13-28)29-11-8-22-15-26(33)30(16-21-6-7-21)18-25(32)27(2,3)19-34-14-4-5-23(22)17-29/h21-25,32H,4-19H2,1-3H3/t22-,23-,25-/m0/s1. The largest absolute Gasteiger partial charge is 0.391 e. The molecule has 3 saturated heterocycles. The lowest BCUT2D eigenvalue weighted by Crippen LogP contribution is -2.51. The lowest BCUT2D eigenvalue weighted by atomic mass is 9.79. The molecule has 1 aliphatic carbocycles. The number of piperidine rings is 2. The highest BCUT2D eigenvalue weighted by atomic mass is 16.5. The number of rotatable bonds is 3. The molecule has 0 bridgehead atoms. The molecule has 2 amide bonds. The average molecular weight is 478 g/mol. The molecule has 0 unspecified atom stereocenters. The van der Waals surface area contributed by atoms with Gasteiger partial charge in [-0.3, -0.25) is 14.5 Å². The van der Waals surface area contributed by atoms with Crippen LogP contribution < -0.4 is 0 Å². The molecular formula is C27H47N3O4. The smallest absolute Gasteiger partial charge is 0.222 e. The van der Waals surface area contributed by atoms with Gasteiger partial charge in [-0.2, -0.15) is 0 Å². The quantitative estimate of drug-likeness (QED) is 0.677. The van der Waals surface area contributed by atoms with Gasteiger partial charge in [-0.1, -0.05) is 13.8 Å². The van der Waals surface area contributed by atoms with Crippen molar-refractivity contribution in [2.45, 2.75) is 84.3 Å². The number of carbonyl (C=O) groups excluding carboxylic acids is 2. The molecule has 0 spiro atoms. The number of hydrogen-bond acceptors (Lipinski definition) is 5. The molecule has 4 fully saturated rings. The summed E-state index contributed by atoms with van der Waals surface area (Å²) >= 11 is 0. The number of aliphatic hydroxyl groups excluding tert-OH is 1. The Labute approximate surface area is 206 Å². The average Bonchev–Trinajstić information content (AvgIpc) is 3.62. The van der Waals surface area contributed by atoms with E-state index in [0.717, 1.165) is 71.4 Å². The van der Waals surface area contributed by atoms with Crippen LogP contribution in [-0.4, -0.2) is 96.2 Å². The summed E-state index contributed by atoms with van der Waals surface area (Å²) in [5, 5.41) is 11.0. The Morgan fingerprint density at radius 1 is 1.03 bits per heavy atom. The van der Waals surface area contributed by atoms with Crippen molar-refractivity contribution in [2.75, 3.05) is 52.5 Å². The second kappa shape index (κ2) is 11.3. The minimum Gasteiger partial charge on any atom is -0.391 e. The molecular weight excluding hydrogens is 430 g/mol. The monoisotopic (exact) mass is 477 g/mol. The third kappa shape index (κ3) is 6.73. The van der Waals surface area contributed by atoms with Gasteiger partial charge in [-0.25, -0.2) is 0 Å². The third-order valence-electron chi connectivity index (χ3n) is 8.95. The lowest BCUT2D eigenvalue weighted by Gasteiger charge is -2.45. The first-order valence-electron chi connectivity index (χ1n) is 13.8. The first-order valence-corrected chi connectivity index (χ1v) is 13.8. The molecule has 0 aromatic heterocycles. The molecule has 7 nitrogen and oxygen atoms in total. The van der Waals surface area contributed by atoms with Crippen LogP contribution in [0.4, 0.5) is 0 Å². The van der Waals surface area contributed by atoms with Crippen LogP contribution in [-0.2, 0) is 14.3 Å². The zero-order chi connectivity index (χ0) is 24.3. The maximum Gasteiger partial charge on any atom is 0.222 e.